The molecule has 2 aromatic rings. The maximum absolute atomic E-state index is 13.3. The minimum Gasteiger partial charge on any atom is -0.483 e. The number of piperidine rings is 1. The Morgan fingerprint density at radius 2 is 1.90 bits per heavy atom. The molecule has 2 aliphatic rings. The van der Waals surface area contributed by atoms with Gasteiger partial charge in [0.2, 0.25) is 11.8 Å². The molecule has 2 saturated heterocycles. The lowest BCUT2D eigenvalue weighted by Crippen LogP contribution is -2.66. The van der Waals surface area contributed by atoms with Crippen LogP contribution in [0.15, 0.2) is 48.8 Å². The first-order valence-corrected chi connectivity index (χ1v) is 10.4. The van der Waals surface area contributed by atoms with Gasteiger partial charge in [0.1, 0.15) is 6.04 Å². The van der Waals surface area contributed by atoms with Crippen LogP contribution in [-0.4, -0.2) is 54.1 Å². The lowest BCUT2D eigenvalue weighted by atomic mass is 9.73. The van der Waals surface area contributed by atoms with Crippen molar-refractivity contribution in [3.8, 4) is 0 Å². The molecule has 164 valence electrons. The Bertz CT molecular complexity index is 901. The number of carboxylic acid groups (broad SMARTS) is 1. The van der Waals surface area contributed by atoms with Gasteiger partial charge in [-0.1, -0.05) is 23.7 Å². The second-order valence-electron chi connectivity index (χ2n) is 7.71. The van der Waals surface area contributed by atoms with E-state index in [-0.39, 0.29) is 18.3 Å². The molecular formula is C22H25ClN4O4. The number of hydrogen-bond acceptors (Lipinski definition) is 5. The molecule has 31 heavy (non-hydrogen) atoms. The number of hydrogen-bond donors (Lipinski definition) is 3. The van der Waals surface area contributed by atoms with Crippen LogP contribution in [-0.2, 0) is 20.8 Å². The molecule has 0 bridgehead atoms. The maximum atomic E-state index is 13.3. The molecule has 0 spiro atoms. The quantitative estimate of drug-likeness (QED) is 0.607. The van der Waals surface area contributed by atoms with Crippen LogP contribution >= 0.6 is 11.6 Å². The molecule has 3 N–H and O–H groups in total. The third kappa shape index (κ3) is 5.52. The fraction of sp³-hybridized carbons (Fsp3) is 0.364. The van der Waals surface area contributed by atoms with Crippen LogP contribution in [0.2, 0.25) is 5.02 Å². The number of carbonyl (C=O) groups is 3. The van der Waals surface area contributed by atoms with Crippen molar-refractivity contribution in [2.75, 3.05) is 24.5 Å². The number of aromatic nitrogens is 1. The van der Waals surface area contributed by atoms with Crippen LogP contribution in [0.1, 0.15) is 18.4 Å². The van der Waals surface area contributed by atoms with E-state index < -0.39 is 11.5 Å². The number of carbonyl (C=O) groups excluding carboxylic acids is 2. The van der Waals surface area contributed by atoms with Gasteiger partial charge in [0.15, 0.2) is 0 Å². The highest BCUT2D eigenvalue weighted by Crippen LogP contribution is 2.38. The van der Waals surface area contributed by atoms with E-state index >= 15 is 0 Å². The van der Waals surface area contributed by atoms with Gasteiger partial charge in [0, 0.05) is 42.7 Å². The fourth-order valence-electron chi connectivity index (χ4n) is 3.97. The zero-order valence-electron chi connectivity index (χ0n) is 17.0. The monoisotopic (exact) mass is 444 g/mol. The van der Waals surface area contributed by atoms with Gasteiger partial charge >= 0.3 is 0 Å². The summed E-state index contributed by atoms with van der Waals surface area (Å²) in [6, 6.07) is 11.0. The number of halogens is 1. The van der Waals surface area contributed by atoms with Crippen LogP contribution < -0.4 is 15.5 Å². The summed E-state index contributed by atoms with van der Waals surface area (Å²) in [6.07, 6.45) is 5.67. The maximum Gasteiger partial charge on any atom is 0.290 e. The van der Waals surface area contributed by atoms with Crippen molar-refractivity contribution in [1.82, 2.24) is 15.6 Å². The Kier molecular flexibility index (Phi) is 7.46. The SMILES string of the molecule is O=C1NCCCC1NC(=O)C1(Cc2ccc(Cl)cc2)CN(c2ccncc2)C1.O=CO. The zero-order chi connectivity index (χ0) is 22.3. The highest BCUT2D eigenvalue weighted by atomic mass is 35.5. The summed E-state index contributed by atoms with van der Waals surface area (Å²) < 4.78 is 0. The number of benzene rings is 1. The first-order valence-electron chi connectivity index (χ1n) is 10.0. The van der Waals surface area contributed by atoms with Crippen molar-refractivity contribution in [2.45, 2.75) is 25.3 Å². The third-order valence-electron chi connectivity index (χ3n) is 5.54. The number of anilines is 1. The summed E-state index contributed by atoms with van der Waals surface area (Å²) in [5, 5.41) is 13.4. The minimum absolute atomic E-state index is 0.0604. The molecule has 2 aliphatic heterocycles. The molecule has 0 saturated carbocycles. The minimum atomic E-state index is -0.575. The van der Waals surface area contributed by atoms with Crippen molar-refractivity contribution < 1.29 is 19.5 Å². The number of nitrogens with one attached hydrogen (secondary N) is 2. The molecule has 1 atom stereocenters. The lowest BCUT2D eigenvalue weighted by Gasteiger charge is -2.50. The zero-order valence-corrected chi connectivity index (χ0v) is 17.7. The summed E-state index contributed by atoms with van der Waals surface area (Å²) in [4.78, 5) is 39.9. The molecule has 1 aromatic heterocycles. The Balaban J connectivity index is 0.000000858. The van der Waals surface area contributed by atoms with Gasteiger partial charge in [0.05, 0.1) is 5.41 Å². The van der Waals surface area contributed by atoms with E-state index in [4.69, 9.17) is 21.5 Å². The molecule has 2 amide bonds. The normalized spacial score (nSPS) is 19.2. The van der Waals surface area contributed by atoms with Crippen molar-refractivity contribution in [3.05, 3.63) is 59.4 Å². The standard InChI is InChI=1S/C21H23ClN4O2.CH2O2/c22-16-5-3-15(4-6-16)12-21(13-26(14-21)17-7-10-23-11-8-17)20(28)25-18-2-1-9-24-19(18)27;2-1-3/h3-8,10-11,18H,1-2,9,12-14H2,(H,24,27)(H,25,28);1H,(H,2,3). The number of amides is 2. The van der Waals surface area contributed by atoms with E-state index in [9.17, 15) is 9.59 Å². The molecular weight excluding hydrogens is 420 g/mol. The van der Waals surface area contributed by atoms with Crippen LogP contribution in [0.25, 0.3) is 0 Å². The third-order valence-corrected chi connectivity index (χ3v) is 5.79. The molecule has 1 aromatic carbocycles. The molecule has 8 nitrogen and oxygen atoms in total. The summed E-state index contributed by atoms with van der Waals surface area (Å²) >= 11 is 6.00. The van der Waals surface area contributed by atoms with E-state index in [1.807, 2.05) is 36.4 Å². The van der Waals surface area contributed by atoms with Crippen LogP contribution in [0.4, 0.5) is 5.69 Å². The van der Waals surface area contributed by atoms with Gasteiger partial charge in [-0.15, -0.1) is 0 Å². The van der Waals surface area contributed by atoms with Crippen molar-refractivity contribution in [1.29, 1.82) is 0 Å². The van der Waals surface area contributed by atoms with E-state index in [0.29, 0.717) is 37.5 Å². The van der Waals surface area contributed by atoms with Crippen LogP contribution in [0.3, 0.4) is 0 Å². The summed E-state index contributed by atoms with van der Waals surface area (Å²) in [7, 11) is 0. The smallest absolute Gasteiger partial charge is 0.290 e. The largest absolute Gasteiger partial charge is 0.483 e. The topological polar surface area (TPSA) is 112 Å². The fourth-order valence-corrected chi connectivity index (χ4v) is 4.10. The predicted octanol–water partition coefficient (Wildman–Crippen LogP) is 1.88. The van der Waals surface area contributed by atoms with Crippen molar-refractivity contribution in [3.63, 3.8) is 0 Å². The molecule has 0 aliphatic carbocycles. The number of pyridine rings is 1. The van der Waals surface area contributed by atoms with Gasteiger partial charge in [-0.3, -0.25) is 19.4 Å². The Morgan fingerprint density at radius 1 is 1.26 bits per heavy atom. The summed E-state index contributed by atoms with van der Waals surface area (Å²) in [5.74, 6) is -0.152. The number of nitrogens with zero attached hydrogens (tertiary/aromatic N) is 2. The van der Waals surface area contributed by atoms with E-state index in [1.54, 1.807) is 12.4 Å². The van der Waals surface area contributed by atoms with E-state index in [1.165, 1.54) is 0 Å². The van der Waals surface area contributed by atoms with Crippen molar-refractivity contribution >= 4 is 35.6 Å². The summed E-state index contributed by atoms with van der Waals surface area (Å²) in [5.41, 5.74) is 1.53. The molecule has 1 unspecified atom stereocenters. The molecule has 2 fully saturated rings. The predicted molar refractivity (Wildman–Crippen MR) is 117 cm³/mol. The Labute approximate surface area is 185 Å². The molecule has 9 heteroatoms. The van der Waals surface area contributed by atoms with Crippen LogP contribution in [0, 0.1) is 5.41 Å². The van der Waals surface area contributed by atoms with Gasteiger partial charge in [0.25, 0.3) is 6.47 Å². The van der Waals surface area contributed by atoms with Gasteiger partial charge in [-0.25, -0.2) is 0 Å². The molecule has 0 radical (unpaired) electrons. The molecule has 4 rings (SSSR count). The van der Waals surface area contributed by atoms with Crippen LogP contribution in [0.5, 0.6) is 0 Å². The highest BCUT2D eigenvalue weighted by molar-refractivity contribution is 6.30. The van der Waals surface area contributed by atoms with E-state index in [0.717, 1.165) is 17.7 Å². The average Bonchev–Trinajstić information content (AvgIpc) is 2.74. The number of rotatable bonds is 5. The highest BCUT2D eigenvalue weighted by Gasteiger charge is 2.50. The Hall–Kier alpha value is -3.13. The Morgan fingerprint density at radius 3 is 2.52 bits per heavy atom. The average molecular weight is 445 g/mol. The first-order chi connectivity index (χ1) is 15.0. The van der Waals surface area contributed by atoms with Gasteiger partial charge < -0.3 is 20.6 Å². The molecule has 3 heterocycles. The summed E-state index contributed by atoms with van der Waals surface area (Å²) in [6.45, 7) is 1.62. The first kappa shape index (κ1) is 22.6. The van der Waals surface area contributed by atoms with Crippen molar-refractivity contribution in [2.24, 2.45) is 5.41 Å². The van der Waals surface area contributed by atoms with E-state index in [2.05, 4.69) is 20.5 Å². The second-order valence-corrected chi connectivity index (χ2v) is 8.15. The van der Waals surface area contributed by atoms with Gasteiger partial charge in [-0.05, 0) is 49.1 Å². The lowest BCUT2D eigenvalue weighted by molar-refractivity contribution is -0.137. The van der Waals surface area contributed by atoms with Gasteiger partial charge in [-0.2, -0.15) is 0 Å². The second kappa shape index (κ2) is 10.3.